The highest BCUT2D eigenvalue weighted by molar-refractivity contribution is 7.15. The molecule has 0 radical (unpaired) electrons. The number of carbonyl (C=O) groups is 1. The van der Waals surface area contributed by atoms with Crippen LogP contribution >= 0.6 is 11.3 Å². The number of nitrogens with zero attached hydrogens (tertiary/aromatic N) is 4. The number of fused-ring (bicyclic) bond motifs is 1. The van der Waals surface area contributed by atoms with Crippen molar-refractivity contribution in [1.29, 1.82) is 0 Å². The lowest BCUT2D eigenvalue weighted by Gasteiger charge is -2.18. The highest BCUT2D eigenvalue weighted by Crippen LogP contribution is 2.34. The number of carbonyl (C=O) groups excluding carboxylic acids is 1. The molecule has 1 aliphatic rings. The first-order valence-electron chi connectivity index (χ1n) is 9.64. The van der Waals surface area contributed by atoms with Crippen LogP contribution in [0.1, 0.15) is 52.0 Å². The van der Waals surface area contributed by atoms with Crippen molar-refractivity contribution >= 4 is 22.4 Å². The molecule has 1 amide bonds. The predicted octanol–water partition coefficient (Wildman–Crippen LogP) is 4.82. The molecule has 0 bridgehead atoms. The Balaban J connectivity index is 1.51. The molecule has 0 saturated carbocycles. The maximum Gasteiger partial charge on any atom is 0.417 e. The number of hydrogen-bond acceptors (Lipinski definition) is 5. The van der Waals surface area contributed by atoms with E-state index in [2.05, 4.69) is 27.3 Å². The summed E-state index contributed by atoms with van der Waals surface area (Å²) in [6.07, 6.45) is 1.85. The van der Waals surface area contributed by atoms with E-state index in [4.69, 9.17) is 0 Å². The number of thiazole rings is 1. The third-order valence-electron chi connectivity index (χ3n) is 5.39. The number of hydrogen-bond donors (Lipinski definition) is 1. The van der Waals surface area contributed by atoms with Gasteiger partial charge in [-0.25, -0.2) is 14.6 Å². The number of rotatable bonds is 4. The highest BCUT2D eigenvalue weighted by atomic mass is 32.1. The van der Waals surface area contributed by atoms with Crippen LogP contribution in [0.25, 0.3) is 5.82 Å². The van der Waals surface area contributed by atoms with Gasteiger partial charge in [0.25, 0.3) is 5.91 Å². The summed E-state index contributed by atoms with van der Waals surface area (Å²) in [7, 11) is 0. The second-order valence-electron chi connectivity index (χ2n) is 7.32. The molecular formula is C20H20F3N5OS. The van der Waals surface area contributed by atoms with E-state index in [1.807, 2.05) is 0 Å². The van der Waals surface area contributed by atoms with Crippen LogP contribution in [0.4, 0.5) is 18.3 Å². The molecule has 1 unspecified atom stereocenters. The summed E-state index contributed by atoms with van der Waals surface area (Å²) in [4.78, 5) is 22.3. The van der Waals surface area contributed by atoms with Gasteiger partial charge in [-0.2, -0.15) is 18.3 Å². The maximum atomic E-state index is 12.7. The van der Waals surface area contributed by atoms with Crippen molar-refractivity contribution in [2.75, 3.05) is 5.32 Å². The maximum absolute atomic E-state index is 12.7. The Morgan fingerprint density at radius 2 is 2.13 bits per heavy atom. The SMILES string of the molecule is CCC1CCc2nc(NC(=O)c3cnn(-c4ccc(C(F)(F)F)cn4)c3C)sc2C1. The normalized spacial score (nSPS) is 16.4. The van der Waals surface area contributed by atoms with Gasteiger partial charge in [0.05, 0.1) is 28.7 Å². The summed E-state index contributed by atoms with van der Waals surface area (Å²) < 4.78 is 39.5. The second kappa shape index (κ2) is 7.82. The van der Waals surface area contributed by atoms with Crippen molar-refractivity contribution in [3.05, 3.63) is 51.9 Å². The van der Waals surface area contributed by atoms with Crippen LogP contribution < -0.4 is 5.32 Å². The summed E-state index contributed by atoms with van der Waals surface area (Å²) >= 11 is 1.50. The molecule has 3 aromatic heterocycles. The second-order valence-corrected chi connectivity index (χ2v) is 8.40. The smallest absolute Gasteiger partial charge is 0.298 e. The average Bonchev–Trinajstić information content (AvgIpc) is 3.29. The van der Waals surface area contributed by atoms with Gasteiger partial charge in [-0.3, -0.25) is 10.1 Å². The van der Waals surface area contributed by atoms with Crippen LogP contribution in [0.3, 0.4) is 0 Å². The van der Waals surface area contributed by atoms with Crippen molar-refractivity contribution in [2.24, 2.45) is 5.92 Å². The number of halogens is 3. The molecule has 3 aromatic rings. The molecule has 3 heterocycles. The summed E-state index contributed by atoms with van der Waals surface area (Å²) in [6, 6.07) is 2.16. The van der Waals surface area contributed by atoms with Crippen molar-refractivity contribution < 1.29 is 18.0 Å². The molecule has 158 valence electrons. The van der Waals surface area contributed by atoms with Crippen LogP contribution in [0.15, 0.2) is 24.5 Å². The topological polar surface area (TPSA) is 72.7 Å². The molecule has 0 aliphatic heterocycles. The first-order valence-corrected chi connectivity index (χ1v) is 10.5. The van der Waals surface area contributed by atoms with Crippen LogP contribution in [-0.2, 0) is 19.0 Å². The molecule has 10 heteroatoms. The lowest BCUT2D eigenvalue weighted by Crippen LogP contribution is -2.13. The van der Waals surface area contributed by atoms with E-state index in [1.54, 1.807) is 6.92 Å². The van der Waals surface area contributed by atoms with Crippen LogP contribution in [0.2, 0.25) is 0 Å². The van der Waals surface area contributed by atoms with Crippen LogP contribution in [0.5, 0.6) is 0 Å². The van der Waals surface area contributed by atoms with E-state index in [0.29, 0.717) is 22.3 Å². The van der Waals surface area contributed by atoms with Gasteiger partial charge in [0.2, 0.25) is 0 Å². The lowest BCUT2D eigenvalue weighted by atomic mass is 9.89. The number of alkyl halides is 3. The Morgan fingerprint density at radius 1 is 1.33 bits per heavy atom. The fourth-order valence-corrected chi connectivity index (χ4v) is 4.67. The summed E-state index contributed by atoms with van der Waals surface area (Å²) in [5.74, 6) is 0.511. The van der Waals surface area contributed by atoms with Crippen molar-refractivity contribution in [3.63, 3.8) is 0 Å². The van der Waals surface area contributed by atoms with Gasteiger partial charge in [-0.05, 0) is 44.2 Å². The Bertz CT molecular complexity index is 1070. The van der Waals surface area contributed by atoms with Crippen molar-refractivity contribution in [1.82, 2.24) is 19.7 Å². The summed E-state index contributed by atoms with van der Waals surface area (Å²) in [5, 5.41) is 7.51. The first kappa shape index (κ1) is 20.5. The monoisotopic (exact) mass is 435 g/mol. The highest BCUT2D eigenvalue weighted by Gasteiger charge is 2.31. The van der Waals surface area contributed by atoms with E-state index in [1.165, 1.54) is 33.2 Å². The fourth-order valence-electron chi connectivity index (χ4n) is 3.55. The Hall–Kier alpha value is -2.75. The number of anilines is 1. The first-order chi connectivity index (χ1) is 14.3. The zero-order valence-corrected chi connectivity index (χ0v) is 17.3. The molecular weight excluding hydrogens is 415 g/mol. The lowest BCUT2D eigenvalue weighted by molar-refractivity contribution is -0.137. The van der Waals surface area contributed by atoms with Gasteiger partial charge in [-0.15, -0.1) is 11.3 Å². The van der Waals surface area contributed by atoms with Crippen LogP contribution in [-0.4, -0.2) is 25.7 Å². The van der Waals surface area contributed by atoms with Crippen molar-refractivity contribution in [3.8, 4) is 5.82 Å². The van der Waals surface area contributed by atoms with E-state index in [0.717, 1.165) is 43.6 Å². The molecule has 1 atom stereocenters. The molecule has 0 spiro atoms. The molecule has 0 saturated heterocycles. The largest absolute Gasteiger partial charge is 0.417 e. The predicted molar refractivity (Wildman–Crippen MR) is 107 cm³/mol. The molecule has 4 rings (SSSR count). The average molecular weight is 435 g/mol. The number of pyridine rings is 1. The van der Waals surface area contributed by atoms with Gasteiger partial charge in [0.15, 0.2) is 10.9 Å². The van der Waals surface area contributed by atoms with Gasteiger partial charge in [-0.1, -0.05) is 13.3 Å². The third kappa shape index (κ3) is 3.96. The third-order valence-corrected chi connectivity index (χ3v) is 6.42. The zero-order valence-electron chi connectivity index (χ0n) is 16.5. The Morgan fingerprint density at radius 3 is 2.80 bits per heavy atom. The van der Waals surface area contributed by atoms with E-state index < -0.39 is 11.7 Å². The molecule has 0 fully saturated rings. The standard InChI is InChI=1S/C20H20F3N5OS/c1-3-12-4-6-15-16(8-12)30-19(26-15)27-18(29)14-10-25-28(11(14)2)17-7-5-13(9-24-17)20(21,22)23/h5,7,9-10,12H,3-4,6,8H2,1-2H3,(H,26,27,29). The Labute approximate surface area is 175 Å². The van der Waals surface area contributed by atoms with E-state index >= 15 is 0 Å². The van der Waals surface area contributed by atoms with Crippen molar-refractivity contribution in [2.45, 2.75) is 45.7 Å². The fraction of sp³-hybridized carbons (Fsp3) is 0.400. The number of nitrogens with one attached hydrogen (secondary N) is 1. The van der Waals surface area contributed by atoms with Crippen LogP contribution in [0, 0.1) is 12.8 Å². The molecule has 1 aliphatic carbocycles. The van der Waals surface area contributed by atoms with E-state index in [9.17, 15) is 18.0 Å². The minimum atomic E-state index is -4.46. The molecule has 6 nitrogen and oxygen atoms in total. The van der Waals surface area contributed by atoms with Gasteiger partial charge in [0.1, 0.15) is 0 Å². The van der Waals surface area contributed by atoms with Gasteiger partial charge >= 0.3 is 6.18 Å². The van der Waals surface area contributed by atoms with E-state index in [-0.39, 0.29) is 11.7 Å². The Kier molecular flexibility index (Phi) is 5.35. The molecule has 30 heavy (non-hydrogen) atoms. The molecule has 0 aromatic carbocycles. The number of aromatic nitrogens is 4. The molecule has 1 N–H and O–H groups in total. The quantitative estimate of drug-likeness (QED) is 0.638. The summed E-state index contributed by atoms with van der Waals surface area (Å²) in [6.45, 7) is 3.85. The minimum Gasteiger partial charge on any atom is -0.298 e. The zero-order chi connectivity index (χ0) is 21.5. The number of aryl methyl sites for hydroxylation is 1. The number of amides is 1. The van der Waals surface area contributed by atoms with Gasteiger partial charge < -0.3 is 0 Å². The summed E-state index contributed by atoms with van der Waals surface area (Å²) in [5.41, 5.74) is 1.01. The van der Waals surface area contributed by atoms with Gasteiger partial charge in [0, 0.05) is 11.1 Å². The minimum absolute atomic E-state index is 0.204.